The van der Waals surface area contributed by atoms with Gasteiger partial charge < -0.3 is 5.32 Å². The number of carbonyl (C=O) groups is 1. The van der Waals surface area contributed by atoms with E-state index >= 15 is 0 Å². The molecule has 0 bridgehead atoms. The summed E-state index contributed by atoms with van der Waals surface area (Å²) in [6, 6.07) is 12.9. The zero-order valence-electron chi connectivity index (χ0n) is 13.9. The number of allylic oxidation sites excluding steroid dienone is 1. The highest BCUT2D eigenvalue weighted by atomic mass is 79.9. The Balaban J connectivity index is 1.77. The van der Waals surface area contributed by atoms with Crippen molar-refractivity contribution in [1.29, 1.82) is 0 Å². The number of halogens is 1. The molecule has 0 spiro atoms. The van der Waals surface area contributed by atoms with Gasteiger partial charge in [-0.3, -0.25) is 4.79 Å². The lowest BCUT2D eigenvalue weighted by molar-refractivity contribution is -0.746. The molecular formula is C18H16BrN6O+. The van der Waals surface area contributed by atoms with E-state index < -0.39 is 0 Å². The first kappa shape index (κ1) is 16.5. The fourth-order valence-corrected chi connectivity index (χ4v) is 3.27. The van der Waals surface area contributed by atoms with Crippen LogP contribution in [0.25, 0.3) is 0 Å². The zero-order valence-corrected chi connectivity index (χ0v) is 15.5. The van der Waals surface area contributed by atoms with Gasteiger partial charge in [-0.1, -0.05) is 39.1 Å². The number of fused-ring (bicyclic) bond motifs is 1. The number of hydrogen-bond donors (Lipinski definition) is 3. The standard InChI is InChI=1S/C18H15BrN6O/c1-11-15(17(26)24-14-4-2-3-9-20-14)16(12-5-7-13(19)8-6-12)25-18(23-11)21-10-22-25/h2-10,16H,1H3,(H2,20,21,22,23,24,26)/p+1. The second-order valence-electron chi connectivity index (χ2n) is 5.87. The molecule has 1 aromatic carbocycles. The molecule has 1 unspecified atom stereocenters. The third-order valence-electron chi connectivity index (χ3n) is 4.18. The van der Waals surface area contributed by atoms with Crippen molar-refractivity contribution < 1.29 is 9.48 Å². The van der Waals surface area contributed by atoms with E-state index in [-0.39, 0.29) is 11.9 Å². The Morgan fingerprint density at radius 1 is 1.19 bits per heavy atom. The topological polar surface area (TPSA) is 86.6 Å². The van der Waals surface area contributed by atoms with Gasteiger partial charge in [-0.15, -0.1) is 4.68 Å². The van der Waals surface area contributed by atoms with Crippen molar-refractivity contribution in [2.24, 2.45) is 0 Å². The van der Waals surface area contributed by atoms with E-state index in [4.69, 9.17) is 0 Å². The van der Waals surface area contributed by atoms with Gasteiger partial charge in [0.25, 0.3) is 5.91 Å². The maximum Gasteiger partial charge on any atom is 0.416 e. The van der Waals surface area contributed by atoms with E-state index in [2.05, 4.69) is 41.6 Å². The molecule has 7 nitrogen and oxygen atoms in total. The Morgan fingerprint density at radius 2 is 2.00 bits per heavy atom. The molecule has 0 saturated carbocycles. The van der Waals surface area contributed by atoms with Crippen LogP contribution in [-0.2, 0) is 4.79 Å². The van der Waals surface area contributed by atoms with Crippen LogP contribution in [0.1, 0.15) is 18.5 Å². The number of carbonyl (C=O) groups excluding carboxylic acids is 1. The van der Waals surface area contributed by atoms with E-state index in [9.17, 15) is 4.79 Å². The normalized spacial score (nSPS) is 16.0. The van der Waals surface area contributed by atoms with Crippen LogP contribution in [0.2, 0.25) is 0 Å². The average molecular weight is 412 g/mol. The highest BCUT2D eigenvalue weighted by Crippen LogP contribution is 2.30. The molecule has 3 N–H and O–H groups in total. The fraction of sp³-hybridized carbons (Fsp3) is 0.111. The van der Waals surface area contributed by atoms with E-state index in [0.717, 1.165) is 15.7 Å². The van der Waals surface area contributed by atoms with Crippen LogP contribution in [-0.4, -0.2) is 21.0 Å². The van der Waals surface area contributed by atoms with Crippen molar-refractivity contribution in [1.82, 2.24) is 15.1 Å². The molecule has 0 fully saturated rings. The molecule has 0 radical (unpaired) electrons. The summed E-state index contributed by atoms with van der Waals surface area (Å²) in [5.74, 6) is 0.951. The SMILES string of the molecule is CC1=C(C(=O)Nc2ccccn2)C(c2ccc(Br)cc2)[n+]2[nH]cnc2N1. The molecule has 0 aliphatic carbocycles. The van der Waals surface area contributed by atoms with Gasteiger partial charge in [-0.05, 0) is 36.8 Å². The van der Waals surface area contributed by atoms with E-state index in [1.807, 2.05) is 41.9 Å². The number of aromatic amines is 1. The first-order chi connectivity index (χ1) is 12.6. The van der Waals surface area contributed by atoms with E-state index in [0.29, 0.717) is 17.3 Å². The molecule has 1 atom stereocenters. The van der Waals surface area contributed by atoms with E-state index in [1.165, 1.54) is 0 Å². The summed E-state index contributed by atoms with van der Waals surface area (Å²) < 4.78 is 2.81. The van der Waals surface area contributed by atoms with Gasteiger partial charge in [0.15, 0.2) is 12.4 Å². The average Bonchev–Trinajstić information content (AvgIpc) is 3.10. The second kappa shape index (κ2) is 6.72. The van der Waals surface area contributed by atoms with Crippen LogP contribution in [0.3, 0.4) is 0 Å². The molecule has 4 rings (SSSR count). The van der Waals surface area contributed by atoms with Crippen LogP contribution in [0.4, 0.5) is 11.8 Å². The van der Waals surface area contributed by atoms with Gasteiger partial charge in [-0.25, -0.2) is 15.4 Å². The molecule has 2 aromatic heterocycles. The van der Waals surface area contributed by atoms with Crippen LogP contribution >= 0.6 is 15.9 Å². The van der Waals surface area contributed by atoms with Crippen LogP contribution in [0.15, 0.2) is 70.7 Å². The predicted molar refractivity (Wildman–Crippen MR) is 100 cm³/mol. The molecule has 8 heteroatoms. The summed E-state index contributed by atoms with van der Waals surface area (Å²) >= 11 is 3.45. The Hall–Kier alpha value is -3.00. The third-order valence-corrected chi connectivity index (χ3v) is 4.71. The minimum absolute atomic E-state index is 0.214. The highest BCUT2D eigenvalue weighted by molar-refractivity contribution is 9.10. The summed E-state index contributed by atoms with van der Waals surface area (Å²) in [5, 5.41) is 9.14. The Labute approximate surface area is 158 Å². The quantitative estimate of drug-likeness (QED) is 0.578. The first-order valence-corrected chi connectivity index (χ1v) is 8.83. The number of hydrogen-bond acceptors (Lipinski definition) is 4. The summed E-state index contributed by atoms with van der Waals surface area (Å²) in [4.78, 5) is 21.5. The minimum atomic E-state index is -0.328. The number of nitrogens with one attached hydrogen (secondary N) is 3. The maximum absolute atomic E-state index is 13.1. The van der Waals surface area contributed by atoms with Gasteiger partial charge in [0.1, 0.15) is 5.82 Å². The molecule has 3 heterocycles. The number of pyridine rings is 1. The number of aromatic nitrogens is 4. The van der Waals surface area contributed by atoms with Gasteiger partial charge >= 0.3 is 5.95 Å². The molecule has 26 heavy (non-hydrogen) atoms. The molecule has 1 amide bonds. The number of benzene rings is 1. The smallest absolute Gasteiger partial charge is 0.307 e. The molecule has 3 aromatic rings. The van der Waals surface area contributed by atoms with Crippen LogP contribution < -0.4 is 15.3 Å². The number of rotatable bonds is 3. The molecule has 130 valence electrons. The Kier molecular flexibility index (Phi) is 4.26. The number of H-pyrrole nitrogens is 1. The van der Waals surface area contributed by atoms with E-state index in [1.54, 1.807) is 24.7 Å². The monoisotopic (exact) mass is 411 g/mol. The molecular weight excluding hydrogens is 396 g/mol. The van der Waals surface area contributed by atoms with Crippen LogP contribution in [0.5, 0.6) is 0 Å². The van der Waals surface area contributed by atoms with Crippen molar-refractivity contribution in [2.45, 2.75) is 13.0 Å². The zero-order chi connectivity index (χ0) is 18.1. The first-order valence-electron chi connectivity index (χ1n) is 8.04. The van der Waals surface area contributed by atoms with Gasteiger partial charge in [-0.2, -0.15) is 0 Å². The third kappa shape index (κ3) is 2.99. The molecule has 1 aliphatic heterocycles. The lowest BCUT2D eigenvalue weighted by atomic mass is 9.95. The summed E-state index contributed by atoms with van der Waals surface area (Å²) in [5.41, 5.74) is 2.31. The van der Waals surface area contributed by atoms with Crippen molar-refractivity contribution in [3.63, 3.8) is 0 Å². The summed E-state index contributed by atoms with van der Waals surface area (Å²) in [7, 11) is 0. The largest absolute Gasteiger partial charge is 0.416 e. The summed E-state index contributed by atoms with van der Waals surface area (Å²) in [6.45, 7) is 1.87. The Bertz CT molecular complexity index is 980. The lowest BCUT2D eigenvalue weighted by Gasteiger charge is -2.24. The van der Waals surface area contributed by atoms with Gasteiger partial charge in [0, 0.05) is 10.7 Å². The number of nitrogens with zero attached hydrogens (tertiary/aromatic N) is 3. The lowest BCUT2D eigenvalue weighted by Crippen LogP contribution is -2.50. The molecule has 0 saturated heterocycles. The highest BCUT2D eigenvalue weighted by Gasteiger charge is 2.38. The predicted octanol–water partition coefficient (Wildman–Crippen LogP) is 2.78. The number of amides is 1. The number of anilines is 2. The maximum atomic E-state index is 13.1. The van der Waals surface area contributed by atoms with Crippen molar-refractivity contribution in [2.75, 3.05) is 10.6 Å². The summed E-state index contributed by atoms with van der Waals surface area (Å²) in [6.07, 6.45) is 3.24. The second-order valence-corrected chi connectivity index (χ2v) is 6.78. The Morgan fingerprint density at radius 3 is 2.73 bits per heavy atom. The van der Waals surface area contributed by atoms with Gasteiger partial charge in [0.2, 0.25) is 0 Å². The fourth-order valence-electron chi connectivity index (χ4n) is 3.01. The van der Waals surface area contributed by atoms with Gasteiger partial charge in [0.05, 0.1) is 11.3 Å². The minimum Gasteiger partial charge on any atom is -0.307 e. The van der Waals surface area contributed by atoms with Crippen molar-refractivity contribution in [3.05, 3.63) is 76.3 Å². The van der Waals surface area contributed by atoms with Crippen LogP contribution in [0, 0.1) is 0 Å². The van der Waals surface area contributed by atoms with Crippen molar-refractivity contribution in [3.8, 4) is 0 Å². The molecule has 1 aliphatic rings. The van der Waals surface area contributed by atoms with Crippen molar-refractivity contribution >= 4 is 33.6 Å².